The number of nitrogens with one attached hydrogen (secondary N) is 1. The van der Waals surface area contributed by atoms with E-state index in [9.17, 15) is 17.2 Å². The molecule has 0 bridgehead atoms. The van der Waals surface area contributed by atoms with Gasteiger partial charge in [0.1, 0.15) is 22.3 Å². The number of rotatable bonds is 4. The molecule has 0 fully saturated rings. The second-order valence-corrected chi connectivity index (χ2v) is 6.01. The van der Waals surface area contributed by atoms with Crippen LogP contribution in [0.4, 0.5) is 14.5 Å². The Morgan fingerprint density at radius 3 is 2.38 bits per heavy atom. The molecular formula is C14H13F2NO3S. The third-order valence-corrected chi connectivity index (χ3v) is 4.26. The molecule has 0 amide bonds. The van der Waals surface area contributed by atoms with Gasteiger partial charge in [-0.05, 0) is 42.8 Å². The van der Waals surface area contributed by atoms with Crippen LogP contribution < -0.4 is 9.46 Å². The van der Waals surface area contributed by atoms with E-state index in [0.29, 0.717) is 23.1 Å². The summed E-state index contributed by atoms with van der Waals surface area (Å²) >= 11 is 0. The molecule has 2 rings (SSSR count). The Labute approximate surface area is 121 Å². The molecule has 0 aliphatic carbocycles. The van der Waals surface area contributed by atoms with Crippen LogP contribution in [-0.2, 0) is 10.0 Å². The van der Waals surface area contributed by atoms with Gasteiger partial charge in [0, 0.05) is 6.07 Å². The second kappa shape index (κ2) is 5.69. The summed E-state index contributed by atoms with van der Waals surface area (Å²) in [4.78, 5) is -0.612. The third kappa shape index (κ3) is 3.30. The van der Waals surface area contributed by atoms with E-state index in [-0.39, 0.29) is 0 Å². The lowest BCUT2D eigenvalue weighted by Crippen LogP contribution is -2.15. The molecule has 112 valence electrons. The van der Waals surface area contributed by atoms with Crippen LogP contribution in [0, 0.1) is 18.6 Å². The molecule has 2 aromatic carbocycles. The summed E-state index contributed by atoms with van der Waals surface area (Å²) in [6.45, 7) is 1.68. The Bertz CT molecular complexity index is 776. The number of methoxy groups -OCH3 is 1. The zero-order valence-corrected chi connectivity index (χ0v) is 12.2. The maximum absolute atomic E-state index is 13.6. The smallest absolute Gasteiger partial charge is 0.264 e. The van der Waals surface area contributed by atoms with Crippen LogP contribution in [0.2, 0.25) is 0 Å². The molecule has 0 spiro atoms. The third-order valence-electron chi connectivity index (χ3n) is 2.86. The van der Waals surface area contributed by atoms with Gasteiger partial charge in [0.2, 0.25) is 0 Å². The Hall–Kier alpha value is -2.15. The Balaban J connectivity index is 2.37. The molecule has 0 saturated heterocycles. The van der Waals surface area contributed by atoms with Crippen LogP contribution in [0.15, 0.2) is 41.3 Å². The molecule has 2 aromatic rings. The molecule has 21 heavy (non-hydrogen) atoms. The van der Waals surface area contributed by atoms with Crippen molar-refractivity contribution in [1.29, 1.82) is 0 Å². The first-order chi connectivity index (χ1) is 9.83. The van der Waals surface area contributed by atoms with Gasteiger partial charge in [-0.15, -0.1) is 0 Å². The number of halogens is 2. The second-order valence-electron chi connectivity index (χ2n) is 4.36. The van der Waals surface area contributed by atoms with Crippen LogP contribution in [0.3, 0.4) is 0 Å². The molecule has 1 N–H and O–H groups in total. The molecule has 0 aliphatic heterocycles. The monoisotopic (exact) mass is 313 g/mol. The highest BCUT2D eigenvalue weighted by Crippen LogP contribution is 2.25. The van der Waals surface area contributed by atoms with E-state index >= 15 is 0 Å². The van der Waals surface area contributed by atoms with Gasteiger partial charge in [-0.1, -0.05) is 0 Å². The number of benzene rings is 2. The van der Waals surface area contributed by atoms with E-state index in [0.717, 1.165) is 12.1 Å². The molecule has 0 atom stereocenters. The molecule has 0 saturated carbocycles. The van der Waals surface area contributed by atoms with Gasteiger partial charge in [-0.2, -0.15) is 0 Å². The van der Waals surface area contributed by atoms with Gasteiger partial charge in [-0.25, -0.2) is 17.2 Å². The maximum Gasteiger partial charge on any atom is 0.264 e. The number of hydrogen-bond acceptors (Lipinski definition) is 3. The van der Waals surface area contributed by atoms with Crippen molar-refractivity contribution in [1.82, 2.24) is 0 Å². The van der Waals surface area contributed by atoms with E-state index in [1.165, 1.54) is 13.2 Å². The topological polar surface area (TPSA) is 55.4 Å². The zero-order valence-electron chi connectivity index (χ0n) is 11.4. The van der Waals surface area contributed by atoms with E-state index in [1.807, 2.05) is 0 Å². The van der Waals surface area contributed by atoms with Crippen molar-refractivity contribution in [3.05, 3.63) is 53.6 Å². The molecule has 0 heterocycles. The van der Waals surface area contributed by atoms with Gasteiger partial charge < -0.3 is 4.74 Å². The van der Waals surface area contributed by atoms with Gasteiger partial charge in [-0.3, -0.25) is 4.72 Å². The first-order valence-electron chi connectivity index (χ1n) is 5.96. The van der Waals surface area contributed by atoms with E-state index in [1.54, 1.807) is 19.1 Å². The molecule has 4 nitrogen and oxygen atoms in total. The summed E-state index contributed by atoms with van der Waals surface area (Å²) in [6, 6.07) is 7.01. The van der Waals surface area contributed by atoms with Gasteiger partial charge in [0.25, 0.3) is 10.0 Å². The van der Waals surface area contributed by atoms with Crippen LogP contribution in [0.25, 0.3) is 0 Å². The average Bonchev–Trinajstić information content (AvgIpc) is 2.40. The number of sulfonamides is 1. The zero-order chi connectivity index (χ0) is 15.6. The predicted molar refractivity (Wildman–Crippen MR) is 74.9 cm³/mol. The minimum Gasteiger partial charge on any atom is -0.497 e. The normalized spacial score (nSPS) is 11.2. The van der Waals surface area contributed by atoms with Crippen molar-refractivity contribution < 1.29 is 21.9 Å². The van der Waals surface area contributed by atoms with Crippen molar-refractivity contribution in [2.45, 2.75) is 11.8 Å². The van der Waals surface area contributed by atoms with Crippen molar-refractivity contribution in [3.63, 3.8) is 0 Å². The van der Waals surface area contributed by atoms with E-state index in [4.69, 9.17) is 4.74 Å². The predicted octanol–water partition coefficient (Wildman–Crippen LogP) is 3.08. The minimum absolute atomic E-state index is 0.291. The number of ether oxygens (including phenoxy) is 1. The highest BCUT2D eigenvalue weighted by atomic mass is 32.2. The summed E-state index contributed by atoms with van der Waals surface area (Å²) in [5.74, 6) is -1.41. The quantitative estimate of drug-likeness (QED) is 0.944. The van der Waals surface area contributed by atoms with Crippen LogP contribution in [0.5, 0.6) is 5.75 Å². The summed E-state index contributed by atoms with van der Waals surface area (Å²) < 4.78 is 58.0. The number of anilines is 1. The van der Waals surface area contributed by atoms with Crippen molar-refractivity contribution in [3.8, 4) is 5.75 Å². The lowest BCUT2D eigenvalue weighted by molar-refractivity contribution is 0.414. The molecule has 0 aromatic heterocycles. The van der Waals surface area contributed by atoms with Crippen molar-refractivity contribution in [2.75, 3.05) is 11.8 Å². The lowest BCUT2D eigenvalue weighted by Gasteiger charge is -2.12. The summed E-state index contributed by atoms with van der Waals surface area (Å²) in [7, 11) is -2.64. The first-order valence-corrected chi connectivity index (χ1v) is 7.44. The van der Waals surface area contributed by atoms with E-state index in [2.05, 4.69) is 4.72 Å². The maximum atomic E-state index is 13.6. The fourth-order valence-corrected chi connectivity index (χ4v) is 2.96. The standard InChI is InChI=1S/C14H13F2NO3S/c1-9-7-11(20-2)4-5-13(9)17-21(18,19)14-6-3-10(15)8-12(14)16/h3-8,17H,1-2H3. The van der Waals surface area contributed by atoms with E-state index < -0.39 is 26.6 Å². The van der Waals surface area contributed by atoms with Gasteiger partial charge in [0.15, 0.2) is 0 Å². The van der Waals surface area contributed by atoms with Crippen LogP contribution in [0.1, 0.15) is 5.56 Å². The molecule has 0 unspecified atom stereocenters. The first kappa shape index (κ1) is 15.2. The van der Waals surface area contributed by atoms with Crippen LogP contribution >= 0.6 is 0 Å². The minimum atomic E-state index is -4.14. The summed E-state index contributed by atoms with van der Waals surface area (Å²) in [6.07, 6.45) is 0. The number of hydrogen-bond donors (Lipinski definition) is 1. The average molecular weight is 313 g/mol. The Kier molecular flexibility index (Phi) is 4.13. The fraction of sp³-hybridized carbons (Fsp3) is 0.143. The van der Waals surface area contributed by atoms with Crippen molar-refractivity contribution >= 4 is 15.7 Å². The molecule has 0 aliphatic rings. The Morgan fingerprint density at radius 2 is 1.81 bits per heavy atom. The summed E-state index contributed by atoms with van der Waals surface area (Å²) in [5, 5.41) is 0. The fourth-order valence-electron chi connectivity index (χ4n) is 1.77. The highest BCUT2D eigenvalue weighted by Gasteiger charge is 2.20. The lowest BCUT2D eigenvalue weighted by atomic mass is 10.2. The SMILES string of the molecule is COc1ccc(NS(=O)(=O)c2ccc(F)cc2F)c(C)c1. The summed E-state index contributed by atoms with van der Waals surface area (Å²) in [5.41, 5.74) is 0.903. The largest absolute Gasteiger partial charge is 0.497 e. The van der Waals surface area contributed by atoms with Gasteiger partial charge >= 0.3 is 0 Å². The van der Waals surface area contributed by atoms with Crippen LogP contribution in [-0.4, -0.2) is 15.5 Å². The highest BCUT2D eigenvalue weighted by molar-refractivity contribution is 7.92. The Morgan fingerprint density at radius 1 is 1.10 bits per heavy atom. The van der Waals surface area contributed by atoms with Crippen molar-refractivity contribution in [2.24, 2.45) is 0 Å². The molecule has 7 heteroatoms. The molecule has 0 radical (unpaired) electrons. The number of aryl methyl sites for hydroxylation is 1. The molecular weight excluding hydrogens is 300 g/mol. The van der Waals surface area contributed by atoms with Gasteiger partial charge in [0.05, 0.1) is 12.8 Å².